The van der Waals surface area contributed by atoms with E-state index in [2.05, 4.69) is 11.0 Å². The van der Waals surface area contributed by atoms with Crippen LogP contribution in [0.25, 0.3) is 0 Å². The van der Waals surface area contributed by atoms with Crippen molar-refractivity contribution >= 4 is 34.7 Å². The van der Waals surface area contributed by atoms with E-state index in [-0.39, 0.29) is 43.0 Å². The minimum atomic E-state index is -0.310. The van der Waals surface area contributed by atoms with Gasteiger partial charge in [-0.25, -0.2) is 0 Å². The average molecular weight is 532 g/mol. The average Bonchev–Trinajstić information content (AvgIpc) is 3.70. The van der Waals surface area contributed by atoms with Gasteiger partial charge in [0.2, 0.25) is 12.7 Å². The first-order valence-electron chi connectivity index (χ1n) is 12.8. The Bertz CT molecular complexity index is 1410. The summed E-state index contributed by atoms with van der Waals surface area (Å²) in [4.78, 5) is 46.7. The molecule has 0 aliphatic carbocycles. The van der Waals surface area contributed by atoms with E-state index in [9.17, 15) is 14.4 Å². The number of amides is 3. The number of carbonyl (C=O) groups is 3. The maximum Gasteiger partial charge on any atom is 0.263 e. The van der Waals surface area contributed by atoms with Crippen molar-refractivity contribution < 1.29 is 23.9 Å². The quantitative estimate of drug-likeness (QED) is 0.429. The number of ether oxygens (including phenoxy) is 2. The van der Waals surface area contributed by atoms with Gasteiger partial charge in [0.1, 0.15) is 0 Å². The SMILES string of the molecule is C[C@H](c1cccs1)N(C)C(=O)[C@H]1CCCN(c2cccc3c2C(=O)N(Cc2ccc4c(c2)OCO4)C3=O)C1. The minimum Gasteiger partial charge on any atom is -0.454 e. The number of anilines is 1. The van der Waals surface area contributed by atoms with E-state index in [0.29, 0.717) is 29.2 Å². The van der Waals surface area contributed by atoms with E-state index in [1.807, 2.05) is 48.5 Å². The number of rotatable bonds is 6. The Hall–Kier alpha value is -3.85. The Labute approximate surface area is 225 Å². The van der Waals surface area contributed by atoms with Crippen LogP contribution in [-0.2, 0) is 11.3 Å². The Morgan fingerprint density at radius 2 is 1.95 bits per heavy atom. The van der Waals surface area contributed by atoms with E-state index in [1.54, 1.807) is 29.5 Å². The second kappa shape index (κ2) is 9.79. The van der Waals surface area contributed by atoms with Crippen LogP contribution in [-0.4, -0.2) is 54.5 Å². The van der Waals surface area contributed by atoms with Gasteiger partial charge in [-0.1, -0.05) is 18.2 Å². The van der Waals surface area contributed by atoms with Crippen molar-refractivity contribution in [1.29, 1.82) is 0 Å². The topological polar surface area (TPSA) is 79.4 Å². The van der Waals surface area contributed by atoms with Gasteiger partial charge in [-0.2, -0.15) is 0 Å². The summed E-state index contributed by atoms with van der Waals surface area (Å²) in [6.07, 6.45) is 1.64. The van der Waals surface area contributed by atoms with E-state index in [4.69, 9.17) is 9.47 Å². The van der Waals surface area contributed by atoms with E-state index in [1.165, 1.54) is 4.90 Å². The summed E-state index contributed by atoms with van der Waals surface area (Å²) < 4.78 is 10.8. The van der Waals surface area contributed by atoms with Gasteiger partial charge in [-0.05, 0) is 61.0 Å². The molecule has 196 valence electrons. The summed E-state index contributed by atoms with van der Waals surface area (Å²) in [7, 11) is 1.86. The second-order valence-electron chi connectivity index (χ2n) is 10.0. The Morgan fingerprint density at radius 3 is 2.76 bits per heavy atom. The van der Waals surface area contributed by atoms with Gasteiger partial charge in [0.25, 0.3) is 11.8 Å². The number of thiophene rings is 1. The molecule has 1 saturated heterocycles. The second-order valence-corrected chi connectivity index (χ2v) is 11.0. The highest BCUT2D eigenvalue weighted by Crippen LogP contribution is 2.37. The summed E-state index contributed by atoms with van der Waals surface area (Å²) in [6.45, 7) is 3.61. The maximum atomic E-state index is 13.6. The van der Waals surface area contributed by atoms with Crippen LogP contribution in [0.1, 0.15) is 57.0 Å². The molecule has 0 radical (unpaired) electrons. The maximum absolute atomic E-state index is 13.6. The lowest BCUT2D eigenvalue weighted by Crippen LogP contribution is -2.44. The largest absolute Gasteiger partial charge is 0.454 e. The molecule has 3 amide bonds. The molecule has 2 atom stereocenters. The van der Waals surface area contributed by atoms with Crippen molar-refractivity contribution in [3.05, 3.63) is 75.5 Å². The monoisotopic (exact) mass is 531 g/mol. The summed E-state index contributed by atoms with van der Waals surface area (Å²) >= 11 is 1.65. The number of imide groups is 1. The number of hydrogen-bond donors (Lipinski definition) is 0. The molecule has 1 fully saturated rings. The molecule has 0 unspecified atom stereocenters. The van der Waals surface area contributed by atoms with Crippen LogP contribution in [0.3, 0.4) is 0 Å². The van der Waals surface area contributed by atoms with Crippen molar-refractivity contribution in [1.82, 2.24) is 9.80 Å². The molecule has 0 N–H and O–H groups in total. The zero-order valence-electron chi connectivity index (χ0n) is 21.4. The number of hydrogen-bond acceptors (Lipinski definition) is 7. The third kappa shape index (κ3) is 4.20. The molecule has 38 heavy (non-hydrogen) atoms. The lowest BCUT2D eigenvalue weighted by Gasteiger charge is -2.37. The minimum absolute atomic E-state index is 0.00258. The van der Waals surface area contributed by atoms with Crippen LogP contribution < -0.4 is 14.4 Å². The normalized spacial score (nSPS) is 19.1. The number of carbonyl (C=O) groups excluding carboxylic acids is 3. The first kappa shape index (κ1) is 24.5. The molecule has 3 aliphatic heterocycles. The molecule has 0 spiro atoms. The molecule has 0 bridgehead atoms. The van der Waals surface area contributed by atoms with Crippen LogP contribution in [0.4, 0.5) is 5.69 Å². The van der Waals surface area contributed by atoms with Gasteiger partial charge in [0, 0.05) is 25.0 Å². The van der Waals surface area contributed by atoms with Gasteiger partial charge in [-0.3, -0.25) is 19.3 Å². The summed E-state index contributed by atoms with van der Waals surface area (Å²) in [5.74, 6) is 0.581. The molecule has 9 heteroatoms. The summed E-state index contributed by atoms with van der Waals surface area (Å²) in [5, 5.41) is 2.02. The van der Waals surface area contributed by atoms with Crippen molar-refractivity contribution in [2.45, 2.75) is 32.4 Å². The molecule has 4 heterocycles. The molecule has 1 aromatic heterocycles. The van der Waals surface area contributed by atoms with Gasteiger partial charge in [0.15, 0.2) is 11.5 Å². The Balaban J connectivity index is 1.21. The molecule has 6 rings (SSSR count). The highest BCUT2D eigenvalue weighted by atomic mass is 32.1. The van der Waals surface area contributed by atoms with Gasteiger partial charge in [0.05, 0.1) is 35.3 Å². The fraction of sp³-hybridized carbons (Fsp3) is 0.345. The van der Waals surface area contributed by atoms with Crippen molar-refractivity contribution in [2.24, 2.45) is 5.92 Å². The number of fused-ring (bicyclic) bond motifs is 2. The fourth-order valence-corrected chi connectivity index (χ4v) is 6.37. The summed E-state index contributed by atoms with van der Waals surface area (Å²) in [5.41, 5.74) is 2.34. The molecule has 3 aliphatic rings. The molecular formula is C29H29N3O5S. The van der Waals surface area contributed by atoms with Crippen LogP contribution in [0, 0.1) is 5.92 Å². The van der Waals surface area contributed by atoms with Crippen LogP contribution >= 0.6 is 11.3 Å². The zero-order chi connectivity index (χ0) is 26.4. The first-order chi connectivity index (χ1) is 18.4. The third-order valence-electron chi connectivity index (χ3n) is 7.75. The van der Waals surface area contributed by atoms with Crippen LogP contribution in [0.15, 0.2) is 53.9 Å². The Morgan fingerprint density at radius 1 is 1.11 bits per heavy atom. The number of piperidine rings is 1. The van der Waals surface area contributed by atoms with E-state index >= 15 is 0 Å². The predicted octanol–water partition coefficient (Wildman–Crippen LogP) is 4.71. The lowest BCUT2D eigenvalue weighted by atomic mass is 9.94. The molecule has 0 saturated carbocycles. The van der Waals surface area contributed by atoms with Crippen LogP contribution in [0.5, 0.6) is 11.5 Å². The van der Waals surface area contributed by atoms with Gasteiger partial charge >= 0.3 is 0 Å². The predicted molar refractivity (Wildman–Crippen MR) is 144 cm³/mol. The standard InChI is InChI=1S/C29H29N3O5S/c1-18(25-9-5-13-38-25)30(2)27(33)20-6-4-12-31(16-20)22-8-3-7-21-26(22)29(35)32(28(21)34)15-19-10-11-23-24(14-19)37-17-36-23/h3,5,7-11,13-14,18,20H,4,6,12,15-17H2,1-2H3/t18-,20+/m1/s1. The van der Waals surface area contributed by atoms with E-state index < -0.39 is 0 Å². The van der Waals surface area contributed by atoms with Crippen LogP contribution in [0.2, 0.25) is 0 Å². The highest BCUT2D eigenvalue weighted by molar-refractivity contribution is 7.10. The van der Waals surface area contributed by atoms with Crippen molar-refractivity contribution in [3.63, 3.8) is 0 Å². The molecule has 8 nitrogen and oxygen atoms in total. The van der Waals surface area contributed by atoms with Gasteiger partial charge < -0.3 is 19.3 Å². The zero-order valence-corrected chi connectivity index (χ0v) is 22.2. The van der Waals surface area contributed by atoms with Crippen molar-refractivity contribution in [2.75, 3.05) is 31.8 Å². The van der Waals surface area contributed by atoms with E-state index in [0.717, 1.165) is 35.5 Å². The fourth-order valence-electron chi connectivity index (χ4n) is 5.54. The summed E-state index contributed by atoms with van der Waals surface area (Å²) in [6, 6.07) is 14.9. The third-order valence-corrected chi connectivity index (χ3v) is 8.79. The molecule has 2 aromatic carbocycles. The lowest BCUT2D eigenvalue weighted by molar-refractivity contribution is -0.136. The Kier molecular flexibility index (Phi) is 6.31. The molecular weight excluding hydrogens is 502 g/mol. The number of nitrogens with zero attached hydrogens (tertiary/aromatic N) is 3. The molecule has 3 aromatic rings. The first-order valence-corrected chi connectivity index (χ1v) is 13.7. The van der Waals surface area contributed by atoms with Gasteiger partial charge in [-0.15, -0.1) is 11.3 Å². The smallest absolute Gasteiger partial charge is 0.263 e. The highest BCUT2D eigenvalue weighted by Gasteiger charge is 2.40. The van der Waals surface area contributed by atoms with Crippen molar-refractivity contribution in [3.8, 4) is 11.5 Å². The number of benzene rings is 2.